The normalized spacial score (nSPS) is 14.0. The van der Waals surface area contributed by atoms with Crippen LogP contribution in [0.1, 0.15) is 17.4 Å². The van der Waals surface area contributed by atoms with Gasteiger partial charge in [0, 0.05) is 22.7 Å². The Labute approximate surface area is 114 Å². The number of aliphatic hydroxyl groups excluding tert-OH is 2. The van der Waals surface area contributed by atoms with E-state index in [-0.39, 0.29) is 11.0 Å². The number of hydrogen-bond acceptors (Lipinski definition) is 5. The Balaban J connectivity index is 2.46. The third kappa shape index (κ3) is 2.56. The summed E-state index contributed by atoms with van der Waals surface area (Å²) >= 11 is 0. The van der Waals surface area contributed by atoms with Gasteiger partial charge in [-0.1, -0.05) is 6.07 Å². The van der Waals surface area contributed by atoms with Gasteiger partial charge in [-0.15, -0.1) is 0 Å². The van der Waals surface area contributed by atoms with E-state index in [0.717, 1.165) is 12.8 Å². The molecule has 3 N–H and O–H groups in total. The quantitative estimate of drug-likeness (QED) is 0.705. The summed E-state index contributed by atoms with van der Waals surface area (Å²) in [6.45, 7) is 1.77. The van der Waals surface area contributed by atoms with Crippen LogP contribution in [0.2, 0.25) is 0 Å². The van der Waals surface area contributed by atoms with Crippen LogP contribution in [0, 0.1) is 6.92 Å². The highest BCUT2D eigenvalue weighted by molar-refractivity contribution is 5.80. The predicted molar refractivity (Wildman–Crippen MR) is 72.3 cm³/mol. The van der Waals surface area contributed by atoms with Crippen molar-refractivity contribution in [1.82, 2.24) is 4.98 Å². The fourth-order valence-electron chi connectivity index (χ4n) is 2.01. The number of hydrogen-bond donors (Lipinski definition) is 3. The molecule has 0 spiro atoms. The van der Waals surface area contributed by atoms with E-state index in [2.05, 4.69) is 9.72 Å². The minimum atomic E-state index is -1.69. The number of benzene rings is 1. The Morgan fingerprint density at radius 3 is 2.65 bits per heavy atom. The van der Waals surface area contributed by atoms with Crippen LogP contribution in [0.25, 0.3) is 10.9 Å². The number of carbonyl (C=O) groups excluding carboxylic acids is 1. The van der Waals surface area contributed by atoms with Gasteiger partial charge in [-0.25, -0.2) is 4.79 Å². The lowest BCUT2D eigenvalue weighted by Crippen LogP contribution is -2.29. The molecule has 0 aliphatic carbocycles. The number of methoxy groups -OCH3 is 1. The van der Waals surface area contributed by atoms with Crippen LogP contribution in [0.4, 0.5) is 0 Å². The minimum Gasteiger partial charge on any atom is -0.467 e. The molecule has 2 rings (SSSR count). The summed E-state index contributed by atoms with van der Waals surface area (Å²) in [6, 6.07) is 6.04. The third-order valence-corrected chi connectivity index (χ3v) is 3.07. The minimum absolute atomic E-state index is 0.196. The van der Waals surface area contributed by atoms with Crippen molar-refractivity contribution in [2.24, 2.45) is 0 Å². The van der Waals surface area contributed by atoms with Crippen molar-refractivity contribution in [3.05, 3.63) is 45.7 Å². The summed E-state index contributed by atoms with van der Waals surface area (Å²) in [5.74, 6) is -0.935. The Bertz CT molecular complexity index is 706. The summed E-state index contributed by atoms with van der Waals surface area (Å²) in [7, 11) is 1.12. The number of aliphatic hydroxyl groups is 2. The predicted octanol–water partition coefficient (Wildman–Crippen LogP) is 0.404. The lowest BCUT2D eigenvalue weighted by Gasteiger charge is -2.16. The van der Waals surface area contributed by atoms with Crippen LogP contribution in [0.3, 0.4) is 0 Å². The van der Waals surface area contributed by atoms with Crippen LogP contribution in [-0.4, -0.2) is 34.4 Å². The van der Waals surface area contributed by atoms with Gasteiger partial charge >= 0.3 is 5.97 Å². The van der Waals surface area contributed by atoms with Gasteiger partial charge in [0.1, 0.15) is 6.10 Å². The zero-order chi connectivity index (χ0) is 14.9. The maximum absolute atomic E-state index is 11.9. The molecule has 0 fully saturated rings. The standard InChI is InChI=1S/C14H15NO5/c1-7-5-11(16)9-6-8(3-4-10(9)15-7)12(17)13(18)14(19)20-2/h3-6,12-13,17-18H,1-2H3,(H,15,16). The van der Waals surface area contributed by atoms with Crippen molar-refractivity contribution in [2.45, 2.75) is 19.1 Å². The molecule has 2 unspecified atom stereocenters. The second-order valence-electron chi connectivity index (χ2n) is 4.53. The van der Waals surface area contributed by atoms with Crippen LogP contribution in [0.15, 0.2) is 29.1 Å². The molecular weight excluding hydrogens is 262 g/mol. The van der Waals surface area contributed by atoms with Crippen LogP contribution >= 0.6 is 0 Å². The van der Waals surface area contributed by atoms with E-state index in [0.29, 0.717) is 10.9 Å². The summed E-state index contributed by atoms with van der Waals surface area (Å²) < 4.78 is 4.36. The molecule has 6 nitrogen and oxygen atoms in total. The van der Waals surface area contributed by atoms with Gasteiger partial charge < -0.3 is 19.9 Å². The molecule has 2 atom stereocenters. The number of fused-ring (bicyclic) bond motifs is 1. The number of aromatic nitrogens is 1. The number of pyridine rings is 1. The maximum atomic E-state index is 11.9. The van der Waals surface area contributed by atoms with E-state index in [9.17, 15) is 19.8 Å². The highest BCUT2D eigenvalue weighted by atomic mass is 16.5. The van der Waals surface area contributed by atoms with Crippen LogP contribution in [0.5, 0.6) is 0 Å². The Morgan fingerprint density at radius 1 is 1.30 bits per heavy atom. The maximum Gasteiger partial charge on any atom is 0.337 e. The SMILES string of the molecule is COC(=O)C(O)C(O)c1ccc2[nH]c(C)cc(=O)c2c1. The fourth-order valence-corrected chi connectivity index (χ4v) is 2.01. The number of rotatable bonds is 3. The second kappa shape index (κ2) is 5.44. The second-order valence-corrected chi connectivity index (χ2v) is 4.53. The number of nitrogens with one attached hydrogen (secondary N) is 1. The number of aryl methyl sites for hydroxylation is 1. The van der Waals surface area contributed by atoms with E-state index in [1.807, 2.05) is 0 Å². The van der Waals surface area contributed by atoms with Crippen molar-refractivity contribution < 1.29 is 19.7 Å². The summed E-state index contributed by atoms with van der Waals surface area (Å²) in [5, 5.41) is 19.9. The van der Waals surface area contributed by atoms with Crippen molar-refractivity contribution in [1.29, 1.82) is 0 Å². The molecule has 1 aromatic heterocycles. The Morgan fingerprint density at radius 2 is 2.00 bits per heavy atom. The van der Waals surface area contributed by atoms with Crippen molar-refractivity contribution in [2.75, 3.05) is 7.11 Å². The molecule has 0 saturated carbocycles. The molecule has 20 heavy (non-hydrogen) atoms. The summed E-state index contributed by atoms with van der Waals surface area (Å²) in [4.78, 5) is 26.1. The number of esters is 1. The highest BCUT2D eigenvalue weighted by Gasteiger charge is 2.26. The number of ether oxygens (including phenoxy) is 1. The van der Waals surface area contributed by atoms with Crippen LogP contribution in [-0.2, 0) is 9.53 Å². The van der Waals surface area contributed by atoms with Gasteiger partial charge in [-0.3, -0.25) is 4.79 Å². The molecule has 6 heteroatoms. The summed E-state index contributed by atoms with van der Waals surface area (Å²) in [5.41, 5.74) is 1.42. The van der Waals surface area contributed by atoms with E-state index in [1.54, 1.807) is 13.0 Å². The first kappa shape index (κ1) is 14.2. The van der Waals surface area contributed by atoms with Gasteiger partial charge in [0.25, 0.3) is 0 Å². The molecule has 2 aromatic rings. The van der Waals surface area contributed by atoms with Gasteiger partial charge in [-0.2, -0.15) is 0 Å². The van der Waals surface area contributed by atoms with Crippen molar-refractivity contribution in [3.8, 4) is 0 Å². The molecule has 0 aliphatic heterocycles. The topological polar surface area (TPSA) is 99.6 Å². The monoisotopic (exact) mass is 277 g/mol. The Kier molecular flexibility index (Phi) is 3.87. The third-order valence-electron chi connectivity index (χ3n) is 3.07. The van der Waals surface area contributed by atoms with Crippen LogP contribution < -0.4 is 5.43 Å². The van der Waals surface area contributed by atoms with Gasteiger partial charge in [-0.05, 0) is 24.6 Å². The van der Waals surface area contributed by atoms with Gasteiger partial charge in [0.05, 0.1) is 7.11 Å². The average Bonchev–Trinajstić information content (AvgIpc) is 2.44. The lowest BCUT2D eigenvalue weighted by molar-refractivity contribution is -0.156. The average molecular weight is 277 g/mol. The number of aromatic amines is 1. The first-order valence-electron chi connectivity index (χ1n) is 6.01. The molecular formula is C14H15NO5. The van der Waals surface area contributed by atoms with E-state index in [4.69, 9.17) is 0 Å². The lowest BCUT2D eigenvalue weighted by atomic mass is 10.0. The smallest absolute Gasteiger partial charge is 0.337 e. The molecule has 0 saturated heterocycles. The van der Waals surface area contributed by atoms with E-state index < -0.39 is 18.2 Å². The molecule has 0 radical (unpaired) electrons. The molecule has 0 amide bonds. The first-order chi connectivity index (χ1) is 9.43. The molecule has 106 valence electrons. The zero-order valence-corrected chi connectivity index (χ0v) is 11.1. The molecule has 1 aromatic carbocycles. The number of carbonyl (C=O) groups is 1. The molecule has 0 bridgehead atoms. The van der Waals surface area contributed by atoms with Gasteiger partial charge in [0.2, 0.25) is 0 Å². The highest BCUT2D eigenvalue weighted by Crippen LogP contribution is 2.21. The molecule has 0 aliphatic rings. The first-order valence-corrected chi connectivity index (χ1v) is 6.01. The number of H-pyrrole nitrogens is 1. The largest absolute Gasteiger partial charge is 0.467 e. The molecule has 1 heterocycles. The zero-order valence-electron chi connectivity index (χ0n) is 11.1. The fraction of sp³-hybridized carbons (Fsp3) is 0.286. The van der Waals surface area contributed by atoms with E-state index in [1.165, 1.54) is 18.2 Å². The van der Waals surface area contributed by atoms with E-state index >= 15 is 0 Å². The van der Waals surface area contributed by atoms with Gasteiger partial charge in [0.15, 0.2) is 11.5 Å². The van der Waals surface area contributed by atoms with Crippen molar-refractivity contribution in [3.63, 3.8) is 0 Å². The Hall–Kier alpha value is -2.18. The summed E-state index contributed by atoms with van der Waals surface area (Å²) in [6.07, 6.45) is -3.14. The van der Waals surface area contributed by atoms with Crippen molar-refractivity contribution >= 4 is 16.9 Å².